The summed E-state index contributed by atoms with van der Waals surface area (Å²) in [6, 6.07) is 10.2. The molecule has 2 rings (SSSR count). The first-order valence-corrected chi connectivity index (χ1v) is 7.92. The summed E-state index contributed by atoms with van der Waals surface area (Å²) >= 11 is 5.80. The zero-order valence-corrected chi connectivity index (χ0v) is 14.6. The number of hydrogen-bond donors (Lipinski definition) is 1. The lowest BCUT2D eigenvalue weighted by molar-refractivity contribution is -0.125. The van der Waals surface area contributed by atoms with Gasteiger partial charge in [0.2, 0.25) is 0 Å². The number of halogens is 1. The Morgan fingerprint density at radius 3 is 2.42 bits per heavy atom. The van der Waals surface area contributed by atoms with Gasteiger partial charge in [-0.2, -0.15) is 0 Å². The van der Waals surface area contributed by atoms with Crippen LogP contribution in [0, 0.1) is 5.41 Å². The second-order valence-electron chi connectivity index (χ2n) is 6.36. The largest absolute Gasteiger partial charge is 0.486 e. The van der Waals surface area contributed by atoms with Gasteiger partial charge in [-0.15, -0.1) is 0 Å². The van der Waals surface area contributed by atoms with Gasteiger partial charge in [0.05, 0.1) is 6.54 Å². The van der Waals surface area contributed by atoms with E-state index in [2.05, 4.69) is 5.32 Å². The van der Waals surface area contributed by atoms with E-state index in [0.29, 0.717) is 16.5 Å². The van der Waals surface area contributed by atoms with Gasteiger partial charge in [0.25, 0.3) is 5.91 Å². The third kappa shape index (κ3) is 5.13. The molecule has 128 valence electrons. The number of carbonyl (C=O) groups is 2. The molecule has 5 nitrogen and oxygen atoms in total. The normalized spacial score (nSPS) is 11.2. The highest BCUT2D eigenvalue weighted by Crippen LogP contribution is 2.18. The molecule has 1 amide bonds. The molecule has 1 N–H and O–H groups in total. The van der Waals surface area contributed by atoms with Crippen LogP contribution >= 0.6 is 11.6 Å². The molecule has 0 radical (unpaired) electrons. The maximum absolute atomic E-state index is 12.0. The first kappa shape index (κ1) is 18.1. The molecule has 0 aliphatic rings. The molecule has 1 aromatic heterocycles. The summed E-state index contributed by atoms with van der Waals surface area (Å²) in [5.74, 6) is 0.834. The maximum Gasteiger partial charge on any atom is 0.287 e. The Morgan fingerprint density at radius 1 is 1.12 bits per heavy atom. The minimum absolute atomic E-state index is 0.0281. The number of carbonyl (C=O) groups excluding carboxylic acids is 2. The molecule has 0 aliphatic heterocycles. The van der Waals surface area contributed by atoms with Gasteiger partial charge in [-0.3, -0.25) is 9.59 Å². The number of amides is 1. The first-order chi connectivity index (χ1) is 11.3. The van der Waals surface area contributed by atoms with Gasteiger partial charge in [0.1, 0.15) is 18.1 Å². The van der Waals surface area contributed by atoms with Gasteiger partial charge in [0, 0.05) is 10.4 Å². The topological polar surface area (TPSA) is 68.5 Å². The number of ether oxygens (including phenoxy) is 1. The SMILES string of the molecule is CC(C)(C)C(=O)CNC(=O)c1ccc(COc2ccc(Cl)cc2)o1. The van der Waals surface area contributed by atoms with E-state index in [-0.39, 0.29) is 24.7 Å². The zero-order chi connectivity index (χ0) is 17.7. The molecule has 0 aliphatic carbocycles. The number of ketones is 1. The quantitative estimate of drug-likeness (QED) is 0.859. The molecule has 0 spiro atoms. The van der Waals surface area contributed by atoms with Crippen LogP contribution in [0.2, 0.25) is 5.02 Å². The number of hydrogen-bond acceptors (Lipinski definition) is 4. The number of Topliss-reactive ketones (excluding diaryl/α,β-unsaturated/α-hetero) is 1. The van der Waals surface area contributed by atoms with E-state index in [1.54, 1.807) is 57.2 Å². The molecule has 0 saturated heterocycles. The van der Waals surface area contributed by atoms with Crippen LogP contribution in [0.4, 0.5) is 0 Å². The number of benzene rings is 1. The van der Waals surface area contributed by atoms with Gasteiger partial charge in [0.15, 0.2) is 11.5 Å². The minimum Gasteiger partial charge on any atom is -0.486 e. The highest BCUT2D eigenvalue weighted by atomic mass is 35.5. The van der Waals surface area contributed by atoms with E-state index < -0.39 is 11.3 Å². The van der Waals surface area contributed by atoms with E-state index in [9.17, 15) is 9.59 Å². The molecule has 1 aromatic carbocycles. The predicted molar refractivity (Wildman–Crippen MR) is 91.3 cm³/mol. The Morgan fingerprint density at radius 2 is 1.79 bits per heavy atom. The van der Waals surface area contributed by atoms with Crippen molar-refractivity contribution in [1.82, 2.24) is 5.32 Å². The lowest BCUT2D eigenvalue weighted by atomic mass is 9.91. The lowest BCUT2D eigenvalue weighted by Gasteiger charge is -2.16. The molecule has 0 atom stereocenters. The summed E-state index contributed by atoms with van der Waals surface area (Å²) < 4.78 is 11.0. The number of rotatable bonds is 6. The number of nitrogens with one attached hydrogen (secondary N) is 1. The smallest absolute Gasteiger partial charge is 0.287 e. The Kier molecular flexibility index (Phi) is 5.67. The van der Waals surface area contributed by atoms with Crippen LogP contribution in [0.15, 0.2) is 40.8 Å². The van der Waals surface area contributed by atoms with Crippen molar-refractivity contribution in [3.63, 3.8) is 0 Å². The fourth-order valence-electron chi connectivity index (χ4n) is 1.78. The predicted octanol–water partition coefficient (Wildman–Crippen LogP) is 3.86. The van der Waals surface area contributed by atoms with Crippen molar-refractivity contribution in [2.45, 2.75) is 27.4 Å². The standard InChI is InChI=1S/C18H20ClNO4/c1-18(2,3)16(21)10-20-17(22)15-9-8-14(24-15)11-23-13-6-4-12(19)5-7-13/h4-9H,10-11H2,1-3H3,(H,20,22). The molecule has 6 heteroatoms. The maximum atomic E-state index is 12.0. The second kappa shape index (κ2) is 7.53. The van der Waals surface area contributed by atoms with Crippen LogP contribution in [-0.2, 0) is 11.4 Å². The second-order valence-corrected chi connectivity index (χ2v) is 6.80. The minimum atomic E-state index is -0.492. The molecular formula is C18H20ClNO4. The fraction of sp³-hybridized carbons (Fsp3) is 0.333. The van der Waals surface area contributed by atoms with Crippen LogP contribution in [0.25, 0.3) is 0 Å². The summed E-state index contributed by atoms with van der Waals surface area (Å²) in [5.41, 5.74) is -0.492. The average Bonchev–Trinajstić information content (AvgIpc) is 3.00. The third-order valence-electron chi connectivity index (χ3n) is 3.33. The highest BCUT2D eigenvalue weighted by molar-refractivity contribution is 6.30. The summed E-state index contributed by atoms with van der Waals surface area (Å²) in [7, 11) is 0. The molecule has 0 fully saturated rings. The molecular weight excluding hydrogens is 330 g/mol. The Balaban J connectivity index is 1.87. The first-order valence-electron chi connectivity index (χ1n) is 7.54. The van der Waals surface area contributed by atoms with Crippen molar-refractivity contribution in [1.29, 1.82) is 0 Å². The molecule has 1 heterocycles. The fourth-order valence-corrected chi connectivity index (χ4v) is 1.90. The van der Waals surface area contributed by atoms with Crippen molar-refractivity contribution in [2.75, 3.05) is 6.54 Å². The van der Waals surface area contributed by atoms with Gasteiger partial charge in [-0.25, -0.2) is 0 Å². The average molecular weight is 350 g/mol. The highest BCUT2D eigenvalue weighted by Gasteiger charge is 2.22. The Hall–Kier alpha value is -2.27. The van der Waals surface area contributed by atoms with E-state index in [0.717, 1.165) is 0 Å². The summed E-state index contributed by atoms with van der Waals surface area (Å²) in [6.07, 6.45) is 0. The van der Waals surface area contributed by atoms with Crippen LogP contribution in [0.3, 0.4) is 0 Å². The number of furan rings is 1. The van der Waals surface area contributed by atoms with Crippen LogP contribution < -0.4 is 10.1 Å². The molecule has 0 unspecified atom stereocenters. The van der Waals surface area contributed by atoms with Gasteiger partial charge in [-0.1, -0.05) is 32.4 Å². The Labute approximate surface area is 145 Å². The van der Waals surface area contributed by atoms with Gasteiger partial charge in [-0.05, 0) is 36.4 Å². The van der Waals surface area contributed by atoms with E-state index >= 15 is 0 Å². The van der Waals surface area contributed by atoms with Crippen molar-refractivity contribution in [3.05, 3.63) is 52.9 Å². The summed E-state index contributed by atoms with van der Waals surface area (Å²) in [6.45, 7) is 5.58. The van der Waals surface area contributed by atoms with Crippen LogP contribution in [0.5, 0.6) is 5.75 Å². The van der Waals surface area contributed by atoms with Crippen molar-refractivity contribution >= 4 is 23.3 Å². The third-order valence-corrected chi connectivity index (χ3v) is 3.58. The lowest BCUT2D eigenvalue weighted by Crippen LogP contribution is -2.35. The molecule has 24 heavy (non-hydrogen) atoms. The monoisotopic (exact) mass is 349 g/mol. The summed E-state index contributed by atoms with van der Waals surface area (Å²) in [5, 5.41) is 3.19. The van der Waals surface area contributed by atoms with Gasteiger partial charge < -0.3 is 14.5 Å². The van der Waals surface area contributed by atoms with Gasteiger partial charge >= 0.3 is 0 Å². The summed E-state index contributed by atoms with van der Waals surface area (Å²) in [4.78, 5) is 23.8. The molecule has 0 saturated carbocycles. The van der Waals surface area contributed by atoms with Crippen molar-refractivity contribution < 1.29 is 18.7 Å². The van der Waals surface area contributed by atoms with E-state index in [1.165, 1.54) is 0 Å². The van der Waals surface area contributed by atoms with Crippen LogP contribution in [0.1, 0.15) is 37.1 Å². The van der Waals surface area contributed by atoms with Crippen LogP contribution in [-0.4, -0.2) is 18.2 Å². The zero-order valence-electron chi connectivity index (χ0n) is 13.9. The molecule has 0 bridgehead atoms. The molecule has 2 aromatic rings. The van der Waals surface area contributed by atoms with E-state index in [4.69, 9.17) is 20.8 Å². The van der Waals surface area contributed by atoms with Crippen molar-refractivity contribution in [3.8, 4) is 5.75 Å². The van der Waals surface area contributed by atoms with Crippen molar-refractivity contribution in [2.24, 2.45) is 5.41 Å². The Bertz CT molecular complexity index is 713. The van der Waals surface area contributed by atoms with E-state index in [1.807, 2.05) is 0 Å².